The maximum absolute atomic E-state index is 8.59. The van der Waals surface area contributed by atoms with E-state index in [0.29, 0.717) is 0 Å². The molecule has 0 heterocycles. The Bertz CT molecular complexity index is 213. The van der Waals surface area contributed by atoms with Gasteiger partial charge in [-0.25, -0.2) is 0 Å². The average molecular weight is 408 g/mol. The van der Waals surface area contributed by atoms with Gasteiger partial charge in [-0.15, -0.1) is 0 Å². The molecular formula is CdCr2CuO8. The van der Waals surface area contributed by atoms with Crippen molar-refractivity contribution in [2.45, 2.75) is 0 Å². The molecule has 0 bridgehead atoms. The predicted molar refractivity (Wildman–Crippen MR) is 2.75 cm³/mol. The first-order chi connectivity index (χ1) is 4.00. The fourth-order valence-corrected chi connectivity index (χ4v) is 0. The van der Waals surface area contributed by atoms with E-state index in [-0.39, 0.29) is 44.4 Å². The second-order valence-corrected chi connectivity index (χ2v) is 3.37. The van der Waals surface area contributed by atoms with E-state index < -0.39 is 27.2 Å². The topological polar surface area (TPSA) is 161 Å². The van der Waals surface area contributed by atoms with Crippen molar-refractivity contribution in [1.29, 1.82) is 0 Å². The van der Waals surface area contributed by atoms with E-state index in [4.69, 9.17) is 31.8 Å². The molecule has 0 aromatic carbocycles. The van der Waals surface area contributed by atoms with Crippen LogP contribution in [0.5, 0.6) is 0 Å². The van der Waals surface area contributed by atoms with Crippen molar-refractivity contribution in [2.75, 3.05) is 0 Å². The minimum atomic E-state index is -5.75. The van der Waals surface area contributed by atoms with Crippen LogP contribution in [0.15, 0.2) is 0 Å². The summed E-state index contributed by atoms with van der Waals surface area (Å²) in [6.07, 6.45) is 0. The van der Waals surface area contributed by atoms with Gasteiger partial charge in [-0.05, 0) is 0 Å². The normalized spacial score (nSPS) is 9.67. The summed E-state index contributed by atoms with van der Waals surface area (Å²) in [6, 6.07) is 0. The first kappa shape index (κ1) is 23.4. The Labute approximate surface area is 102 Å². The zero-order valence-electron chi connectivity index (χ0n) is 5.09. The molecule has 0 aromatic heterocycles. The van der Waals surface area contributed by atoms with Gasteiger partial charge in [0, 0.05) is 0 Å². The number of rotatable bonds is 0. The van der Waals surface area contributed by atoms with Crippen LogP contribution in [-0.2, 0) is 86.8 Å². The monoisotopic (exact) mass is 409 g/mol. The second-order valence-electron chi connectivity index (χ2n) is 0.816. The van der Waals surface area contributed by atoms with Gasteiger partial charge in [0.2, 0.25) is 0 Å². The Balaban J connectivity index is -0.0000000457. The SMILES string of the molecule is [Cd+2].[Cu+2].[O]=[Cr](=[O])([O-])[O-].[O]=[Cr](=[O])([O-])[O-]. The molecule has 0 N–H and O–H groups in total. The zero-order chi connectivity index (χ0) is 9.00. The van der Waals surface area contributed by atoms with Crippen molar-refractivity contribution in [3.8, 4) is 0 Å². The van der Waals surface area contributed by atoms with Gasteiger partial charge in [0.1, 0.15) is 0 Å². The Kier molecular flexibility index (Phi) is 17.8. The van der Waals surface area contributed by atoms with Crippen molar-refractivity contribution in [1.82, 2.24) is 0 Å². The molecule has 0 aliphatic carbocycles. The van der Waals surface area contributed by atoms with Gasteiger partial charge in [-0.1, -0.05) is 0 Å². The van der Waals surface area contributed by atoms with E-state index in [2.05, 4.69) is 0 Å². The molecule has 1 radical (unpaired) electrons. The summed E-state index contributed by atoms with van der Waals surface area (Å²) in [6.45, 7) is 0. The molecule has 73 valence electrons. The van der Waals surface area contributed by atoms with Crippen molar-refractivity contribution in [2.24, 2.45) is 0 Å². The van der Waals surface area contributed by atoms with Crippen LogP contribution in [0.1, 0.15) is 0 Å². The Morgan fingerprint density at radius 2 is 0.667 bits per heavy atom. The average Bonchev–Trinajstić information content (AvgIpc) is 1.12. The Morgan fingerprint density at radius 1 is 0.667 bits per heavy atom. The van der Waals surface area contributed by atoms with Crippen LogP contribution in [0.4, 0.5) is 0 Å². The van der Waals surface area contributed by atoms with Crippen LogP contribution in [0, 0.1) is 0 Å². The molecule has 8 nitrogen and oxygen atoms in total. The van der Waals surface area contributed by atoms with Crippen molar-refractivity contribution >= 4 is 0 Å². The third kappa shape index (κ3) is 537. The molecule has 0 aromatic rings. The molecule has 0 spiro atoms. The standard InChI is InChI=1S/Cd.2Cr.Cu.8O/q+2;;;+2;;;;;4*-1. The van der Waals surface area contributed by atoms with E-state index in [1.165, 1.54) is 0 Å². The zero-order valence-corrected chi connectivity index (χ0v) is 12.6. The quantitative estimate of drug-likeness (QED) is 0.360. The third-order valence-corrected chi connectivity index (χ3v) is 0. The molecule has 0 fully saturated rings. The maximum atomic E-state index is 8.59. The van der Waals surface area contributed by atoms with Gasteiger partial charge in [0.15, 0.2) is 0 Å². The van der Waals surface area contributed by atoms with Crippen molar-refractivity contribution < 1.29 is 103 Å². The van der Waals surface area contributed by atoms with Crippen molar-refractivity contribution in [3.63, 3.8) is 0 Å². The molecule has 0 saturated carbocycles. The van der Waals surface area contributed by atoms with Gasteiger partial charge < -0.3 is 0 Å². The van der Waals surface area contributed by atoms with Crippen LogP contribution in [-0.4, -0.2) is 0 Å². The van der Waals surface area contributed by atoms with Crippen LogP contribution >= 0.6 is 0 Å². The molecule has 0 rings (SSSR count). The number of hydrogen-bond acceptors (Lipinski definition) is 8. The van der Waals surface area contributed by atoms with Crippen LogP contribution in [0.3, 0.4) is 0 Å². The summed E-state index contributed by atoms with van der Waals surface area (Å²) in [4.78, 5) is 0. The predicted octanol–water partition coefficient (Wildman–Crippen LogP) is -5.24. The number of hydrogen-bond donors (Lipinski definition) is 0. The fraction of sp³-hybridized carbons (Fsp3) is 0. The molecule has 0 saturated heterocycles. The summed E-state index contributed by atoms with van der Waals surface area (Å²) in [5.74, 6) is 0. The summed E-state index contributed by atoms with van der Waals surface area (Å²) in [5.41, 5.74) is 0. The van der Waals surface area contributed by atoms with E-state index in [1.807, 2.05) is 0 Å². The van der Waals surface area contributed by atoms with Crippen LogP contribution < -0.4 is 16.6 Å². The first-order valence-electron chi connectivity index (χ1n) is 1.33. The second kappa shape index (κ2) is 9.12. The fourth-order valence-electron chi connectivity index (χ4n) is 0. The summed E-state index contributed by atoms with van der Waals surface area (Å²) >= 11 is -11.5. The van der Waals surface area contributed by atoms with Gasteiger partial charge in [0.05, 0.1) is 0 Å². The van der Waals surface area contributed by atoms with Gasteiger partial charge in [-0.2, -0.15) is 0 Å². The van der Waals surface area contributed by atoms with Crippen LogP contribution in [0.25, 0.3) is 0 Å². The molecular weight excluding hydrogens is 408 g/mol. The van der Waals surface area contributed by atoms with E-state index in [1.54, 1.807) is 0 Å². The summed E-state index contributed by atoms with van der Waals surface area (Å²) in [5, 5.41) is 0. The van der Waals surface area contributed by atoms with Crippen molar-refractivity contribution in [3.05, 3.63) is 0 Å². The van der Waals surface area contributed by atoms with E-state index >= 15 is 0 Å². The molecule has 12 heteroatoms. The van der Waals surface area contributed by atoms with E-state index in [0.717, 1.165) is 0 Å². The molecule has 12 heavy (non-hydrogen) atoms. The van der Waals surface area contributed by atoms with Gasteiger partial charge >= 0.3 is 103 Å². The molecule has 0 unspecified atom stereocenters. The van der Waals surface area contributed by atoms with E-state index in [9.17, 15) is 0 Å². The molecule has 0 aliphatic rings. The first-order valence-corrected chi connectivity index (χ1v) is 5.50. The van der Waals surface area contributed by atoms with Gasteiger partial charge in [0.25, 0.3) is 0 Å². The van der Waals surface area contributed by atoms with Crippen LogP contribution in [0.2, 0.25) is 0 Å². The third-order valence-electron chi connectivity index (χ3n) is 0. The molecule has 0 atom stereocenters. The summed E-state index contributed by atoms with van der Waals surface area (Å²) < 4.78 is 68.8. The molecule has 0 amide bonds. The Morgan fingerprint density at radius 3 is 0.667 bits per heavy atom. The minimum absolute atomic E-state index is 0. The Hall–Kier alpha value is 1.55. The van der Waals surface area contributed by atoms with Gasteiger partial charge in [-0.3, -0.25) is 0 Å². The molecule has 0 aliphatic heterocycles. The summed E-state index contributed by atoms with van der Waals surface area (Å²) in [7, 11) is 0.